The molecular weight excluding hydrogens is 266 g/mol. The van der Waals surface area contributed by atoms with E-state index < -0.39 is 0 Å². The van der Waals surface area contributed by atoms with Gasteiger partial charge in [0.2, 0.25) is 0 Å². The standard InChI is InChI=1S/C11H5Cl3N2/c12-9-2-1-7(5-10(9)13)11-8(6-15)3-4-16(11)14/h1-5H. The van der Waals surface area contributed by atoms with E-state index >= 15 is 0 Å². The van der Waals surface area contributed by atoms with Crippen LogP contribution in [0.1, 0.15) is 5.56 Å². The van der Waals surface area contributed by atoms with Gasteiger partial charge < -0.3 is 0 Å². The third-order valence-electron chi connectivity index (χ3n) is 2.15. The smallest absolute Gasteiger partial charge is 0.101 e. The maximum Gasteiger partial charge on any atom is 0.101 e. The summed E-state index contributed by atoms with van der Waals surface area (Å²) < 4.78 is 1.36. The van der Waals surface area contributed by atoms with Gasteiger partial charge in [0.15, 0.2) is 0 Å². The minimum Gasteiger partial charge on any atom is -0.259 e. The maximum absolute atomic E-state index is 8.94. The van der Waals surface area contributed by atoms with Crippen LogP contribution in [-0.4, -0.2) is 4.09 Å². The van der Waals surface area contributed by atoms with Crippen molar-refractivity contribution < 1.29 is 0 Å². The molecule has 0 bridgehead atoms. The average Bonchev–Trinajstić information content (AvgIpc) is 2.64. The molecule has 16 heavy (non-hydrogen) atoms. The summed E-state index contributed by atoms with van der Waals surface area (Å²) in [7, 11) is 0. The summed E-state index contributed by atoms with van der Waals surface area (Å²) >= 11 is 17.7. The Bertz CT molecular complexity index is 581. The third kappa shape index (κ3) is 1.90. The molecule has 0 radical (unpaired) electrons. The van der Waals surface area contributed by atoms with Crippen molar-refractivity contribution in [3.63, 3.8) is 0 Å². The van der Waals surface area contributed by atoms with E-state index in [2.05, 4.69) is 6.07 Å². The molecule has 0 aliphatic heterocycles. The van der Waals surface area contributed by atoms with Gasteiger partial charge in [0.25, 0.3) is 0 Å². The minimum atomic E-state index is 0.431. The zero-order valence-corrected chi connectivity index (χ0v) is 10.2. The predicted molar refractivity (Wildman–Crippen MR) is 65.9 cm³/mol. The molecule has 5 heteroatoms. The van der Waals surface area contributed by atoms with Gasteiger partial charge >= 0.3 is 0 Å². The second-order valence-corrected chi connectivity index (χ2v) is 4.31. The van der Waals surface area contributed by atoms with Crippen molar-refractivity contribution >= 4 is 35.0 Å². The van der Waals surface area contributed by atoms with Crippen molar-refractivity contribution in [2.45, 2.75) is 0 Å². The first-order valence-corrected chi connectivity index (χ1v) is 5.46. The fourth-order valence-corrected chi connectivity index (χ4v) is 1.96. The number of nitriles is 1. The van der Waals surface area contributed by atoms with Crippen molar-refractivity contribution in [2.24, 2.45) is 0 Å². The first kappa shape index (κ1) is 11.3. The zero-order valence-electron chi connectivity index (χ0n) is 7.92. The molecule has 2 nitrogen and oxygen atoms in total. The lowest BCUT2D eigenvalue weighted by Crippen LogP contribution is -1.87. The summed E-state index contributed by atoms with van der Waals surface area (Å²) in [6.07, 6.45) is 1.61. The molecule has 0 N–H and O–H groups in total. The van der Waals surface area contributed by atoms with Crippen LogP contribution in [0.3, 0.4) is 0 Å². The van der Waals surface area contributed by atoms with Crippen LogP contribution in [-0.2, 0) is 0 Å². The zero-order chi connectivity index (χ0) is 11.7. The molecule has 1 heterocycles. The summed E-state index contributed by atoms with van der Waals surface area (Å²) in [5, 5.41) is 9.84. The van der Waals surface area contributed by atoms with Crippen molar-refractivity contribution in [3.8, 4) is 17.3 Å². The van der Waals surface area contributed by atoms with Gasteiger partial charge in [0.05, 0.1) is 21.3 Å². The minimum absolute atomic E-state index is 0.431. The Kier molecular flexibility index (Phi) is 3.11. The fourth-order valence-electron chi connectivity index (χ4n) is 1.42. The average molecular weight is 272 g/mol. The van der Waals surface area contributed by atoms with Gasteiger partial charge in [-0.05, 0) is 18.2 Å². The summed E-state index contributed by atoms with van der Waals surface area (Å²) in [5.74, 6) is 0. The lowest BCUT2D eigenvalue weighted by atomic mass is 10.1. The van der Waals surface area contributed by atoms with Gasteiger partial charge in [-0.25, -0.2) is 0 Å². The van der Waals surface area contributed by atoms with Gasteiger partial charge in [-0.1, -0.05) is 29.3 Å². The highest BCUT2D eigenvalue weighted by Gasteiger charge is 2.11. The molecule has 0 fully saturated rings. The molecule has 0 aliphatic carbocycles. The van der Waals surface area contributed by atoms with Gasteiger partial charge in [-0.15, -0.1) is 0 Å². The molecule has 2 aromatic rings. The van der Waals surface area contributed by atoms with E-state index in [1.807, 2.05) is 0 Å². The maximum atomic E-state index is 8.94. The first-order chi connectivity index (χ1) is 7.63. The fraction of sp³-hybridized carbons (Fsp3) is 0. The van der Waals surface area contributed by atoms with Crippen LogP contribution in [0.5, 0.6) is 0 Å². The normalized spacial score (nSPS) is 10.1. The number of nitrogens with zero attached hydrogens (tertiary/aromatic N) is 2. The third-order valence-corrected chi connectivity index (χ3v) is 3.18. The SMILES string of the molecule is N#Cc1ccn(Cl)c1-c1ccc(Cl)c(Cl)c1. The Morgan fingerprint density at radius 1 is 1.12 bits per heavy atom. The summed E-state index contributed by atoms with van der Waals surface area (Å²) in [6, 6.07) is 8.83. The molecule has 2 rings (SSSR count). The van der Waals surface area contributed by atoms with Crippen LogP contribution in [0, 0.1) is 11.3 Å². The van der Waals surface area contributed by atoms with Crippen molar-refractivity contribution in [1.29, 1.82) is 5.26 Å². The number of hydrogen-bond acceptors (Lipinski definition) is 1. The van der Waals surface area contributed by atoms with E-state index in [9.17, 15) is 0 Å². The van der Waals surface area contributed by atoms with Crippen LogP contribution >= 0.6 is 35.0 Å². The highest BCUT2D eigenvalue weighted by atomic mass is 35.5. The number of rotatable bonds is 1. The van der Waals surface area contributed by atoms with Gasteiger partial charge in [0, 0.05) is 23.5 Å². The highest BCUT2D eigenvalue weighted by molar-refractivity contribution is 6.42. The Morgan fingerprint density at radius 2 is 1.88 bits per heavy atom. The summed E-state index contributed by atoms with van der Waals surface area (Å²) in [4.78, 5) is 0. The molecular formula is C11H5Cl3N2. The molecule has 0 spiro atoms. The van der Waals surface area contributed by atoms with Gasteiger partial charge in [-0.3, -0.25) is 4.09 Å². The molecule has 80 valence electrons. The molecule has 0 saturated heterocycles. The predicted octanol–water partition coefficient (Wildman–Crippen LogP) is 4.34. The number of hydrogen-bond donors (Lipinski definition) is 0. The van der Waals surface area contributed by atoms with Crippen molar-refractivity contribution in [1.82, 2.24) is 4.09 Å². The molecule has 0 saturated carbocycles. The molecule has 0 amide bonds. The summed E-state index contributed by atoms with van der Waals surface area (Å²) in [6.45, 7) is 0. The first-order valence-electron chi connectivity index (χ1n) is 4.36. The van der Waals surface area contributed by atoms with Gasteiger partial charge in [0.1, 0.15) is 6.07 Å². The quantitative estimate of drug-likeness (QED) is 0.758. The van der Waals surface area contributed by atoms with Crippen LogP contribution in [0.4, 0.5) is 0 Å². The molecule has 1 aromatic carbocycles. The van der Waals surface area contributed by atoms with Gasteiger partial charge in [-0.2, -0.15) is 5.26 Å². The van der Waals surface area contributed by atoms with E-state index in [1.165, 1.54) is 4.09 Å². The lowest BCUT2D eigenvalue weighted by molar-refractivity contribution is 1.26. The Morgan fingerprint density at radius 3 is 2.50 bits per heavy atom. The van der Waals surface area contributed by atoms with E-state index in [-0.39, 0.29) is 0 Å². The van der Waals surface area contributed by atoms with Crippen LogP contribution in [0.2, 0.25) is 10.0 Å². The number of aromatic nitrogens is 1. The molecule has 0 aliphatic rings. The van der Waals surface area contributed by atoms with E-state index in [0.29, 0.717) is 21.3 Å². The lowest BCUT2D eigenvalue weighted by Gasteiger charge is -2.04. The van der Waals surface area contributed by atoms with Crippen LogP contribution in [0.15, 0.2) is 30.5 Å². The van der Waals surface area contributed by atoms with Crippen molar-refractivity contribution in [2.75, 3.05) is 0 Å². The molecule has 1 aromatic heterocycles. The van der Waals surface area contributed by atoms with E-state index in [0.717, 1.165) is 5.56 Å². The van der Waals surface area contributed by atoms with E-state index in [1.54, 1.807) is 30.5 Å². The largest absolute Gasteiger partial charge is 0.259 e. The number of halogens is 3. The number of benzene rings is 1. The monoisotopic (exact) mass is 270 g/mol. The molecule has 0 unspecified atom stereocenters. The Balaban J connectivity index is 2.63. The van der Waals surface area contributed by atoms with Crippen LogP contribution in [0.25, 0.3) is 11.3 Å². The van der Waals surface area contributed by atoms with Crippen LogP contribution < -0.4 is 0 Å². The second kappa shape index (κ2) is 4.39. The van der Waals surface area contributed by atoms with E-state index in [4.69, 9.17) is 40.2 Å². The topological polar surface area (TPSA) is 28.7 Å². The second-order valence-electron chi connectivity index (χ2n) is 3.13. The van der Waals surface area contributed by atoms with Crippen molar-refractivity contribution in [3.05, 3.63) is 46.1 Å². The molecule has 0 atom stereocenters. The summed E-state index contributed by atoms with van der Waals surface area (Å²) in [5.41, 5.74) is 1.86. The Labute approximate surface area is 108 Å². The highest BCUT2D eigenvalue weighted by Crippen LogP contribution is 2.31. The Hall–Kier alpha value is -1.14.